The van der Waals surface area contributed by atoms with E-state index in [1.54, 1.807) is 24.3 Å². The van der Waals surface area contributed by atoms with Crippen LogP contribution in [0.5, 0.6) is 0 Å². The summed E-state index contributed by atoms with van der Waals surface area (Å²) in [5.74, 6) is -0.310. The lowest BCUT2D eigenvalue weighted by Crippen LogP contribution is -2.27. The van der Waals surface area contributed by atoms with Crippen molar-refractivity contribution in [3.63, 3.8) is 0 Å². The number of anilines is 1. The maximum atomic E-state index is 12.3. The van der Waals surface area contributed by atoms with Gasteiger partial charge in [-0.2, -0.15) is 0 Å². The van der Waals surface area contributed by atoms with E-state index < -0.39 is 15.8 Å². The fourth-order valence-corrected chi connectivity index (χ4v) is 4.35. The molecule has 1 aliphatic heterocycles. The molecule has 1 amide bonds. The van der Waals surface area contributed by atoms with E-state index in [2.05, 4.69) is 5.32 Å². The van der Waals surface area contributed by atoms with Crippen LogP contribution in [0.2, 0.25) is 0 Å². The van der Waals surface area contributed by atoms with Crippen molar-refractivity contribution < 1.29 is 22.7 Å². The van der Waals surface area contributed by atoms with Crippen LogP contribution in [0.1, 0.15) is 49.4 Å². The van der Waals surface area contributed by atoms with Gasteiger partial charge in [-0.3, -0.25) is 4.79 Å². The van der Waals surface area contributed by atoms with Crippen LogP contribution in [-0.4, -0.2) is 38.4 Å². The number of carbonyl (C=O) groups excluding carboxylic acids is 2. The molecule has 1 aliphatic rings. The molecule has 0 bridgehead atoms. The van der Waals surface area contributed by atoms with Crippen molar-refractivity contribution in [3.8, 4) is 0 Å². The Morgan fingerprint density at radius 1 is 1.20 bits per heavy atom. The lowest BCUT2D eigenvalue weighted by atomic mass is 9.98. The molecular formula is C18H25NO5S. The van der Waals surface area contributed by atoms with E-state index in [1.807, 2.05) is 6.92 Å². The molecule has 0 radical (unpaired) electrons. The fourth-order valence-electron chi connectivity index (χ4n) is 2.76. The van der Waals surface area contributed by atoms with Gasteiger partial charge >= 0.3 is 5.97 Å². The first kappa shape index (κ1) is 19.4. The molecule has 1 saturated heterocycles. The van der Waals surface area contributed by atoms with Crippen LogP contribution in [0.4, 0.5) is 5.69 Å². The lowest BCUT2D eigenvalue weighted by Gasteiger charge is -2.21. The quantitative estimate of drug-likeness (QED) is 0.591. The molecule has 1 aromatic carbocycles. The van der Waals surface area contributed by atoms with Crippen molar-refractivity contribution in [2.45, 2.75) is 39.0 Å². The first-order chi connectivity index (χ1) is 11.9. The van der Waals surface area contributed by atoms with Crippen LogP contribution in [0.15, 0.2) is 24.3 Å². The fraction of sp³-hybridized carbons (Fsp3) is 0.556. The third-order valence-electron chi connectivity index (χ3n) is 4.30. The molecule has 1 heterocycles. The standard InChI is InChI=1S/C18H25NO5S/c1-2-3-10-24-18(21)15-6-4-5-7-16(15)19-17(20)13-14-8-11-25(22,23)12-9-14/h4-7,14H,2-3,8-13H2,1H3,(H,19,20). The molecule has 1 fully saturated rings. The third kappa shape index (κ3) is 6.16. The number of esters is 1. The number of sulfone groups is 1. The summed E-state index contributed by atoms with van der Waals surface area (Å²) >= 11 is 0. The lowest BCUT2D eigenvalue weighted by molar-refractivity contribution is -0.117. The van der Waals surface area contributed by atoms with Crippen molar-refractivity contribution in [3.05, 3.63) is 29.8 Å². The summed E-state index contributed by atoms with van der Waals surface area (Å²) in [4.78, 5) is 24.4. The summed E-state index contributed by atoms with van der Waals surface area (Å²) in [6.45, 7) is 2.37. The highest BCUT2D eigenvalue weighted by molar-refractivity contribution is 7.91. The van der Waals surface area contributed by atoms with Crippen LogP contribution < -0.4 is 5.32 Å². The highest BCUT2D eigenvalue weighted by Gasteiger charge is 2.25. The van der Waals surface area contributed by atoms with Crippen LogP contribution in [0.25, 0.3) is 0 Å². The Hall–Kier alpha value is -1.89. The number of benzene rings is 1. The number of nitrogens with one attached hydrogen (secondary N) is 1. The number of carbonyl (C=O) groups is 2. The molecule has 1 N–H and O–H groups in total. The Morgan fingerprint density at radius 2 is 1.88 bits per heavy atom. The van der Waals surface area contributed by atoms with Crippen LogP contribution in [0, 0.1) is 5.92 Å². The maximum Gasteiger partial charge on any atom is 0.340 e. The van der Waals surface area contributed by atoms with E-state index in [1.165, 1.54) is 0 Å². The number of amides is 1. The molecule has 7 heteroatoms. The van der Waals surface area contributed by atoms with E-state index in [-0.39, 0.29) is 29.8 Å². The number of ether oxygens (including phenoxy) is 1. The van der Waals surface area contributed by atoms with Crippen molar-refractivity contribution in [2.24, 2.45) is 5.92 Å². The van der Waals surface area contributed by atoms with Crippen molar-refractivity contribution >= 4 is 27.4 Å². The van der Waals surface area contributed by atoms with Gasteiger partial charge in [-0.05, 0) is 37.3 Å². The Balaban J connectivity index is 1.93. The Labute approximate surface area is 148 Å². The third-order valence-corrected chi connectivity index (χ3v) is 6.02. The van der Waals surface area contributed by atoms with Gasteiger partial charge in [0.1, 0.15) is 9.84 Å². The summed E-state index contributed by atoms with van der Waals surface area (Å²) in [5, 5.41) is 2.76. The predicted octanol–water partition coefficient (Wildman–Crippen LogP) is 2.80. The van der Waals surface area contributed by atoms with Gasteiger partial charge in [0, 0.05) is 6.42 Å². The summed E-state index contributed by atoms with van der Waals surface area (Å²) in [6, 6.07) is 6.75. The molecule has 0 atom stereocenters. The van der Waals surface area contributed by atoms with Gasteiger partial charge in [0.2, 0.25) is 5.91 Å². The second kappa shape index (κ2) is 8.99. The van der Waals surface area contributed by atoms with Gasteiger partial charge in [-0.1, -0.05) is 25.5 Å². The topological polar surface area (TPSA) is 89.5 Å². The van der Waals surface area contributed by atoms with Crippen LogP contribution in [0.3, 0.4) is 0 Å². The Kier molecular flexibility index (Phi) is 6.99. The number of unbranched alkanes of at least 4 members (excludes halogenated alkanes) is 1. The number of para-hydroxylation sites is 1. The molecule has 6 nitrogen and oxygen atoms in total. The first-order valence-corrected chi connectivity index (χ1v) is 10.5. The maximum absolute atomic E-state index is 12.3. The minimum Gasteiger partial charge on any atom is -0.462 e. The smallest absolute Gasteiger partial charge is 0.340 e. The van der Waals surface area contributed by atoms with Crippen molar-refractivity contribution in [2.75, 3.05) is 23.4 Å². The van der Waals surface area contributed by atoms with Gasteiger partial charge in [0.15, 0.2) is 0 Å². The number of rotatable bonds is 7. The largest absolute Gasteiger partial charge is 0.462 e. The van der Waals surface area contributed by atoms with Crippen molar-refractivity contribution in [1.29, 1.82) is 0 Å². The molecule has 0 unspecified atom stereocenters. The second-order valence-corrected chi connectivity index (χ2v) is 8.69. The molecule has 0 saturated carbocycles. The zero-order chi connectivity index (χ0) is 18.3. The van der Waals surface area contributed by atoms with E-state index in [4.69, 9.17) is 4.74 Å². The molecule has 0 aromatic heterocycles. The average molecular weight is 367 g/mol. The molecule has 138 valence electrons. The average Bonchev–Trinajstić information content (AvgIpc) is 2.57. The minimum absolute atomic E-state index is 0.0622. The zero-order valence-corrected chi connectivity index (χ0v) is 15.3. The Morgan fingerprint density at radius 3 is 2.56 bits per heavy atom. The number of hydrogen-bond donors (Lipinski definition) is 1. The van der Waals surface area contributed by atoms with Gasteiger partial charge in [0.05, 0.1) is 29.4 Å². The van der Waals surface area contributed by atoms with Gasteiger partial charge < -0.3 is 10.1 Å². The highest BCUT2D eigenvalue weighted by atomic mass is 32.2. The monoisotopic (exact) mass is 367 g/mol. The van der Waals surface area contributed by atoms with Crippen LogP contribution >= 0.6 is 0 Å². The highest BCUT2D eigenvalue weighted by Crippen LogP contribution is 2.23. The summed E-state index contributed by atoms with van der Waals surface area (Å²) in [7, 11) is -2.93. The molecule has 25 heavy (non-hydrogen) atoms. The SMILES string of the molecule is CCCCOC(=O)c1ccccc1NC(=O)CC1CCS(=O)(=O)CC1. The van der Waals surface area contributed by atoms with Gasteiger partial charge in [0.25, 0.3) is 0 Å². The molecule has 2 rings (SSSR count). The minimum atomic E-state index is -2.93. The van der Waals surface area contributed by atoms with Crippen molar-refractivity contribution in [1.82, 2.24) is 0 Å². The van der Waals surface area contributed by atoms with Gasteiger partial charge in [-0.25, -0.2) is 13.2 Å². The zero-order valence-electron chi connectivity index (χ0n) is 14.5. The summed E-state index contributed by atoms with van der Waals surface area (Å²) in [6.07, 6.45) is 3.01. The van der Waals surface area contributed by atoms with E-state index in [0.717, 1.165) is 12.8 Å². The summed E-state index contributed by atoms with van der Waals surface area (Å²) in [5.41, 5.74) is 0.760. The molecule has 0 aliphatic carbocycles. The normalized spacial score (nSPS) is 17.0. The Bertz CT molecular complexity index is 700. The first-order valence-electron chi connectivity index (χ1n) is 8.67. The predicted molar refractivity (Wildman–Crippen MR) is 96.3 cm³/mol. The van der Waals surface area contributed by atoms with Gasteiger partial charge in [-0.15, -0.1) is 0 Å². The van der Waals surface area contributed by atoms with Crippen LogP contribution in [-0.2, 0) is 19.4 Å². The van der Waals surface area contributed by atoms with E-state index >= 15 is 0 Å². The molecule has 0 spiro atoms. The summed E-state index contributed by atoms with van der Waals surface area (Å²) < 4.78 is 28.1. The van der Waals surface area contributed by atoms with E-state index in [0.29, 0.717) is 30.7 Å². The van der Waals surface area contributed by atoms with E-state index in [9.17, 15) is 18.0 Å². The second-order valence-electron chi connectivity index (χ2n) is 6.38. The molecule has 1 aromatic rings. The number of hydrogen-bond acceptors (Lipinski definition) is 5. The molecular weight excluding hydrogens is 342 g/mol.